The van der Waals surface area contributed by atoms with Crippen LogP contribution in [0.15, 0.2) is 83.8 Å². The van der Waals surface area contributed by atoms with Crippen molar-refractivity contribution in [3.05, 3.63) is 78.9 Å². The van der Waals surface area contributed by atoms with Crippen LogP contribution in [0.25, 0.3) is 0 Å². The van der Waals surface area contributed by atoms with Crippen LogP contribution in [0.2, 0.25) is 0 Å². The molecule has 0 aliphatic carbocycles. The third-order valence-electron chi connectivity index (χ3n) is 4.52. The molecule has 33 heavy (non-hydrogen) atoms. The van der Waals surface area contributed by atoms with Crippen LogP contribution < -0.4 is 19.7 Å². The molecule has 2 N–H and O–H groups in total. The van der Waals surface area contributed by atoms with E-state index in [2.05, 4.69) is 10.6 Å². The number of carbonyl (C=O) groups excluding carboxylic acids is 2. The van der Waals surface area contributed by atoms with Gasteiger partial charge in [-0.25, -0.2) is 8.42 Å². The molecule has 8 nitrogen and oxygen atoms in total. The van der Waals surface area contributed by atoms with E-state index < -0.39 is 22.5 Å². The highest BCUT2D eigenvalue weighted by Crippen LogP contribution is 2.26. The Morgan fingerprint density at radius 3 is 2.12 bits per heavy atom. The summed E-state index contributed by atoms with van der Waals surface area (Å²) in [7, 11) is -4.02. The summed E-state index contributed by atoms with van der Waals surface area (Å²) in [6, 6.07) is 21.0. The molecule has 0 bridgehead atoms. The number of hydrogen-bond donors (Lipinski definition) is 2. The first kappa shape index (κ1) is 23.8. The van der Waals surface area contributed by atoms with Crippen LogP contribution in [-0.4, -0.2) is 33.4 Å². The minimum atomic E-state index is -4.02. The number of ether oxygens (including phenoxy) is 1. The van der Waals surface area contributed by atoms with E-state index >= 15 is 0 Å². The van der Waals surface area contributed by atoms with E-state index in [1.165, 1.54) is 19.1 Å². The van der Waals surface area contributed by atoms with E-state index in [0.717, 1.165) is 4.31 Å². The molecule has 0 unspecified atom stereocenters. The zero-order chi connectivity index (χ0) is 23.8. The molecule has 0 heterocycles. The van der Waals surface area contributed by atoms with Crippen molar-refractivity contribution in [3.8, 4) is 5.75 Å². The van der Waals surface area contributed by atoms with Crippen molar-refractivity contribution < 1.29 is 22.7 Å². The fourth-order valence-electron chi connectivity index (χ4n) is 3.12. The van der Waals surface area contributed by atoms with Crippen molar-refractivity contribution in [1.29, 1.82) is 0 Å². The molecule has 0 aliphatic heterocycles. The van der Waals surface area contributed by atoms with E-state index in [4.69, 9.17) is 4.74 Å². The van der Waals surface area contributed by atoms with Gasteiger partial charge in [-0.1, -0.05) is 24.3 Å². The Hall–Kier alpha value is -3.85. The number of sulfonamides is 1. The van der Waals surface area contributed by atoms with Crippen molar-refractivity contribution in [2.45, 2.75) is 18.7 Å². The monoisotopic (exact) mass is 467 g/mol. The van der Waals surface area contributed by atoms with Crippen molar-refractivity contribution in [2.24, 2.45) is 0 Å². The Bertz CT molecular complexity index is 1210. The minimum absolute atomic E-state index is 0.0688. The predicted octanol–water partition coefficient (Wildman–Crippen LogP) is 3.88. The SMILES string of the molecule is CCOc1ccc(N(CC(=O)Nc2cccc(NC(C)=O)c2)S(=O)(=O)c2ccccc2)cc1. The van der Waals surface area contributed by atoms with Gasteiger partial charge in [-0.2, -0.15) is 0 Å². The summed E-state index contributed by atoms with van der Waals surface area (Å²) >= 11 is 0. The number of nitrogens with zero attached hydrogens (tertiary/aromatic N) is 1. The molecule has 0 radical (unpaired) electrons. The molecule has 3 rings (SSSR count). The summed E-state index contributed by atoms with van der Waals surface area (Å²) in [5.41, 5.74) is 1.26. The Kier molecular flexibility index (Phi) is 7.68. The van der Waals surface area contributed by atoms with Crippen LogP contribution in [0.3, 0.4) is 0 Å². The fourth-order valence-corrected chi connectivity index (χ4v) is 4.56. The standard InChI is InChI=1S/C24H25N3O5S/c1-3-32-22-14-12-21(13-15-22)27(33(30,31)23-10-5-4-6-11-23)17-24(29)26-20-9-7-8-19(16-20)25-18(2)28/h4-16H,3,17H2,1-2H3,(H,25,28)(H,26,29). The van der Waals surface area contributed by atoms with Crippen molar-refractivity contribution in [1.82, 2.24) is 0 Å². The Morgan fingerprint density at radius 2 is 1.52 bits per heavy atom. The quantitative estimate of drug-likeness (QED) is 0.497. The lowest BCUT2D eigenvalue weighted by Gasteiger charge is -2.24. The molecule has 0 spiro atoms. The Morgan fingerprint density at radius 1 is 0.879 bits per heavy atom. The maximum Gasteiger partial charge on any atom is 0.264 e. The third-order valence-corrected chi connectivity index (χ3v) is 6.31. The van der Waals surface area contributed by atoms with Crippen LogP contribution in [-0.2, 0) is 19.6 Å². The van der Waals surface area contributed by atoms with Crippen molar-refractivity contribution in [3.63, 3.8) is 0 Å². The summed E-state index contributed by atoms with van der Waals surface area (Å²) in [6.07, 6.45) is 0. The van der Waals surface area contributed by atoms with Gasteiger partial charge in [0.25, 0.3) is 10.0 Å². The normalized spacial score (nSPS) is 10.8. The van der Waals surface area contributed by atoms with E-state index in [9.17, 15) is 18.0 Å². The molecule has 0 atom stereocenters. The molecular formula is C24H25N3O5S. The largest absolute Gasteiger partial charge is 0.494 e. The highest BCUT2D eigenvalue weighted by Gasteiger charge is 2.27. The molecule has 0 saturated carbocycles. The number of benzene rings is 3. The van der Waals surface area contributed by atoms with Gasteiger partial charge in [0.2, 0.25) is 11.8 Å². The molecule has 3 aromatic carbocycles. The second kappa shape index (κ2) is 10.6. The second-order valence-electron chi connectivity index (χ2n) is 7.06. The second-order valence-corrected chi connectivity index (χ2v) is 8.92. The van der Waals surface area contributed by atoms with Crippen molar-refractivity contribution in [2.75, 3.05) is 28.1 Å². The van der Waals surface area contributed by atoms with Gasteiger partial charge in [0, 0.05) is 18.3 Å². The molecule has 3 aromatic rings. The lowest BCUT2D eigenvalue weighted by molar-refractivity contribution is -0.115. The first-order chi connectivity index (χ1) is 15.8. The molecule has 0 aromatic heterocycles. The van der Waals surface area contributed by atoms with E-state index in [1.54, 1.807) is 66.7 Å². The maximum absolute atomic E-state index is 13.4. The molecule has 0 fully saturated rings. The topological polar surface area (TPSA) is 105 Å². The van der Waals surface area contributed by atoms with E-state index in [0.29, 0.717) is 29.4 Å². The van der Waals surface area contributed by atoms with Gasteiger partial charge in [0.15, 0.2) is 0 Å². The van der Waals surface area contributed by atoms with Gasteiger partial charge >= 0.3 is 0 Å². The molecular weight excluding hydrogens is 442 g/mol. The first-order valence-electron chi connectivity index (χ1n) is 10.3. The average Bonchev–Trinajstić information content (AvgIpc) is 2.79. The molecule has 0 aliphatic rings. The summed E-state index contributed by atoms with van der Waals surface area (Å²) < 4.78 is 33.2. The van der Waals surface area contributed by atoms with Gasteiger partial charge in [-0.3, -0.25) is 13.9 Å². The van der Waals surface area contributed by atoms with Crippen LogP contribution >= 0.6 is 0 Å². The highest BCUT2D eigenvalue weighted by molar-refractivity contribution is 7.92. The maximum atomic E-state index is 13.4. The predicted molar refractivity (Wildman–Crippen MR) is 128 cm³/mol. The van der Waals surface area contributed by atoms with Crippen LogP contribution in [0.4, 0.5) is 17.1 Å². The fraction of sp³-hybridized carbons (Fsp3) is 0.167. The zero-order valence-corrected chi connectivity index (χ0v) is 19.1. The smallest absolute Gasteiger partial charge is 0.264 e. The Labute approximate surface area is 193 Å². The highest BCUT2D eigenvalue weighted by atomic mass is 32.2. The van der Waals surface area contributed by atoms with Gasteiger partial charge in [-0.05, 0) is 61.5 Å². The number of carbonyl (C=O) groups is 2. The van der Waals surface area contributed by atoms with Crippen LogP contribution in [0.5, 0.6) is 5.75 Å². The minimum Gasteiger partial charge on any atom is -0.494 e. The Balaban J connectivity index is 1.88. The number of rotatable bonds is 9. The van der Waals surface area contributed by atoms with Gasteiger partial charge < -0.3 is 15.4 Å². The summed E-state index contributed by atoms with van der Waals surface area (Å²) in [5.74, 6) is -0.185. The summed E-state index contributed by atoms with van der Waals surface area (Å²) in [4.78, 5) is 24.2. The first-order valence-corrected chi connectivity index (χ1v) is 11.7. The van der Waals surface area contributed by atoms with E-state index in [-0.39, 0.29) is 10.8 Å². The third kappa shape index (κ3) is 6.33. The number of hydrogen-bond acceptors (Lipinski definition) is 5. The van der Waals surface area contributed by atoms with Gasteiger partial charge in [0.05, 0.1) is 17.2 Å². The summed E-state index contributed by atoms with van der Waals surface area (Å²) in [6.45, 7) is 3.26. The van der Waals surface area contributed by atoms with Crippen LogP contribution in [0.1, 0.15) is 13.8 Å². The summed E-state index contributed by atoms with van der Waals surface area (Å²) in [5, 5.41) is 5.33. The zero-order valence-electron chi connectivity index (χ0n) is 18.3. The number of anilines is 3. The number of amides is 2. The lowest BCUT2D eigenvalue weighted by atomic mass is 10.2. The van der Waals surface area contributed by atoms with Crippen molar-refractivity contribution >= 4 is 38.9 Å². The molecule has 2 amide bonds. The molecule has 0 saturated heterocycles. The van der Waals surface area contributed by atoms with E-state index in [1.807, 2.05) is 6.92 Å². The van der Waals surface area contributed by atoms with Gasteiger partial charge in [-0.15, -0.1) is 0 Å². The van der Waals surface area contributed by atoms with Gasteiger partial charge in [0.1, 0.15) is 12.3 Å². The lowest BCUT2D eigenvalue weighted by Crippen LogP contribution is -2.38. The average molecular weight is 468 g/mol. The molecule has 172 valence electrons. The molecule has 9 heteroatoms. The van der Waals surface area contributed by atoms with Crippen LogP contribution in [0, 0.1) is 0 Å². The number of nitrogens with one attached hydrogen (secondary N) is 2.